The van der Waals surface area contributed by atoms with Gasteiger partial charge in [-0.2, -0.15) is 0 Å². The van der Waals surface area contributed by atoms with Gasteiger partial charge < -0.3 is 15.2 Å². The Labute approximate surface area is 131 Å². The standard InChI is InChI=1S/C15H18BrNO4/c16-13-7-11(6-12(8-13)15(19)20)14(18)17-4-1-5-21-9-10-2-3-10/h6-8,10H,1-5,9H2,(H,17,18)(H,19,20). The second-order valence-electron chi connectivity index (χ2n) is 5.16. The number of halogens is 1. The number of hydrogen-bond donors (Lipinski definition) is 2. The highest BCUT2D eigenvalue weighted by Gasteiger charge is 2.20. The van der Waals surface area contributed by atoms with E-state index >= 15 is 0 Å². The zero-order chi connectivity index (χ0) is 15.2. The molecule has 2 rings (SSSR count). The highest BCUT2D eigenvalue weighted by Crippen LogP contribution is 2.28. The first kappa shape index (κ1) is 16.0. The molecule has 6 heteroatoms. The molecule has 1 aliphatic rings. The number of benzene rings is 1. The molecule has 0 aliphatic heterocycles. The van der Waals surface area contributed by atoms with Crippen molar-refractivity contribution < 1.29 is 19.4 Å². The molecule has 1 aromatic carbocycles. The molecule has 0 bridgehead atoms. The number of amides is 1. The Morgan fingerprint density at radius 1 is 1.29 bits per heavy atom. The maximum Gasteiger partial charge on any atom is 0.335 e. The van der Waals surface area contributed by atoms with Crippen molar-refractivity contribution in [3.63, 3.8) is 0 Å². The van der Waals surface area contributed by atoms with Gasteiger partial charge in [-0.3, -0.25) is 4.79 Å². The van der Waals surface area contributed by atoms with Crippen LogP contribution in [0.5, 0.6) is 0 Å². The molecule has 0 atom stereocenters. The van der Waals surface area contributed by atoms with Crippen LogP contribution in [0.2, 0.25) is 0 Å². The molecule has 21 heavy (non-hydrogen) atoms. The number of aromatic carboxylic acids is 1. The average molecular weight is 356 g/mol. The topological polar surface area (TPSA) is 75.6 Å². The van der Waals surface area contributed by atoms with Gasteiger partial charge in [0.25, 0.3) is 5.91 Å². The molecule has 1 amide bonds. The number of carboxylic acid groups (broad SMARTS) is 1. The van der Waals surface area contributed by atoms with Crippen LogP contribution >= 0.6 is 15.9 Å². The van der Waals surface area contributed by atoms with Crippen molar-refractivity contribution >= 4 is 27.8 Å². The first-order valence-corrected chi connectivity index (χ1v) is 7.75. The van der Waals surface area contributed by atoms with Crippen molar-refractivity contribution in [1.29, 1.82) is 0 Å². The van der Waals surface area contributed by atoms with E-state index in [0.29, 0.717) is 23.2 Å². The van der Waals surface area contributed by atoms with Gasteiger partial charge in [0.1, 0.15) is 0 Å². The van der Waals surface area contributed by atoms with Gasteiger partial charge >= 0.3 is 5.97 Å². The molecule has 0 unspecified atom stereocenters. The Morgan fingerprint density at radius 3 is 2.67 bits per heavy atom. The monoisotopic (exact) mass is 355 g/mol. The number of hydrogen-bond acceptors (Lipinski definition) is 3. The number of carbonyl (C=O) groups excluding carboxylic acids is 1. The highest BCUT2D eigenvalue weighted by atomic mass is 79.9. The summed E-state index contributed by atoms with van der Waals surface area (Å²) in [4.78, 5) is 22.9. The molecule has 2 N–H and O–H groups in total. The van der Waals surface area contributed by atoms with E-state index in [4.69, 9.17) is 9.84 Å². The summed E-state index contributed by atoms with van der Waals surface area (Å²) in [5, 5.41) is 11.7. The van der Waals surface area contributed by atoms with Crippen LogP contribution in [0, 0.1) is 5.92 Å². The van der Waals surface area contributed by atoms with E-state index in [2.05, 4.69) is 21.2 Å². The Kier molecular flexibility index (Phi) is 5.76. The minimum Gasteiger partial charge on any atom is -0.478 e. The van der Waals surface area contributed by atoms with E-state index in [0.717, 1.165) is 18.9 Å². The smallest absolute Gasteiger partial charge is 0.335 e. The summed E-state index contributed by atoms with van der Waals surface area (Å²) < 4.78 is 6.05. The zero-order valence-electron chi connectivity index (χ0n) is 11.6. The first-order valence-electron chi connectivity index (χ1n) is 6.96. The van der Waals surface area contributed by atoms with Gasteiger partial charge in [0, 0.05) is 29.8 Å². The maximum atomic E-state index is 12.0. The van der Waals surface area contributed by atoms with Gasteiger partial charge in [-0.15, -0.1) is 0 Å². The number of rotatable bonds is 8. The molecular formula is C15H18BrNO4. The largest absolute Gasteiger partial charge is 0.478 e. The summed E-state index contributed by atoms with van der Waals surface area (Å²) in [6.07, 6.45) is 3.29. The third-order valence-electron chi connectivity index (χ3n) is 3.21. The highest BCUT2D eigenvalue weighted by molar-refractivity contribution is 9.10. The number of ether oxygens (including phenoxy) is 1. The SMILES string of the molecule is O=C(O)c1cc(Br)cc(C(=O)NCCCOCC2CC2)c1. The van der Waals surface area contributed by atoms with Crippen LogP contribution in [0.15, 0.2) is 22.7 Å². The fourth-order valence-corrected chi connectivity index (χ4v) is 2.35. The van der Waals surface area contributed by atoms with E-state index in [1.165, 1.54) is 25.0 Å². The van der Waals surface area contributed by atoms with Crippen molar-refractivity contribution in [1.82, 2.24) is 5.32 Å². The molecule has 0 spiro atoms. The molecule has 1 saturated carbocycles. The lowest BCUT2D eigenvalue weighted by atomic mass is 10.1. The molecule has 1 fully saturated rings. The fraction of sp³-hybridized carbons (Fsp3) is 0.467. The second kappa shape index (κ2) is 7.56. The quantitative estimate of drug-likeness (QED) is 0.703. The Balaban J connectivity index is 1.75. The van der Waals surface area contributed by atoms with Crippen molar-refractivity contribution in [3.05, 3.63) is 33.8 Å². The van der Waals surface area contributed by atoms with Gasteiger partial charge in [-0.05, 0) is 43.4 Å². The van der Waals surface area contributed by atoms with Gasteiger partial charge in [0.15, 0.2) is 0 Å². The first-order chi connectivity index (χ1) is 10.1. The molecular weight excluding hydrogens is 338 g/mol. The maximum absolute atomic E-state index is 12.0. The van der Waals surface area contributed by atoms with Crippen molar-refractivity contribution in [3.8, 4) is 0 Å². The third-order valence-corrected chi connectivity index (χ3v) is 3.67. The van der Waals surface area contributed by atoms with Gasteiger partial charge in [0.05, 0.1) is 5.56 Å². The predicted molar refractivity (Wildman–Crippen MR) is 81.6 cm³/mol. The molecule has 1 aliphatic carbocycles. The third kappa shape index (κ3) is 5.47. The van der Waals surface area contributed by atoms with Gasteiger partial charge in [-0.25, -0.2) is 4.79 Å². The van der Waals surface area contributed by atoms with Crippen LogP contribution in [0.1, 0.15) is 40.0 Å². The lowest BCUT2D eigenvalue weighted by molar-refractivity contribution is 0.0697. The summed E-state index contributed by atoms with van der Waals surface area (Å²) in [5.41, 5.74) is 0.419. The summed E-state index contributed by atoms with van der Waals surface area (Å²) >= 11 is 3.21. The molecule has 0 heterocycles. The summed E-state index contributed by atoms with van der Waals surface area (Å²) in [6, 6.07) is 4.43. The minimum atomic E-state index is -1.06. The van der Waals surface area contributed by atoms with E-state index in [1.807, 2.05) is 0 Å². The van der Waals surface area contributed by atoms with Crippen LogP contribution in [0.3, 0.4) is 0 Å². The number of carbonyl (C=O) groups is 2. The molecule has 5 nitrogen and oxygen atoms in total. The lowest BCUT2D eigenvalue weighted by Crippen LogP contribution is -2.25. The minimum absolute atomic E-state index is 0.0855. The molecule has 0 saturated heterocycles. The summed E-state index contributed by atoms with van der Waals surface area (Å²) in [5.74, 6) is -0.587. The van der Waals surface area contributed by atoms with E-state index in [1.54, 1.807) is 6.07 Å². The zero-order valence-corrected chi connectivity index (χ0v) is 13.2. The van der Waals surface area contributed by atoms with Crippen molar-refractivity contribution in [2.45, 2.75) is 19.3 Å². The Bertz CT molecular complexity index is 528. The van der Waals surface area contributed by atoms with Gasteiger partial charge in [-0.1, -0.05) is 15.9 Å². The summed E-state index contributed by atoms with van der Waals surface area (Å²) in [6.45, 7) is 1.97. The Morgan fingerprint density at radius 2 is 2.00 bits per heavy atom. The van der Waals surface area contributed by atoms with E-state index in [-0.39, 0.29) is 11.5 Å². The van der Waals surface area contributed by atoms with Crippen LogP contribution in [-0.4, -0.2) is 36.7 Å². The predicted octanol–water partition coefficient (Wildman–Crippen LogP) is 2.69. The van der Waals surface area contributed by atoms with Crippen LogP contribution < -0.4 is 5.32 Å². The van der Waals surface area contributed by atoms with Crippen LogP contribution in [0.25, 0.3) is 0 Å². The van der Waals surface area contributed by atoms with Crippen molar-refractivity contribution in [2.75, 3.05) is 19.8 Å². The molecule has 114 valence electrons. The van der Waals surface area contributed by atoms with E-state index in [9.17, 15) is 9.59 Å². The summed E-state index contributed by atoms with van der Waals surface area (Å²) in [7, 11) is 0. The van der Waals surface area contributed by atoms with Crippen LogP contribution in [-0.2, 0) is 4.74 Å². The Hall–Kier alpha value is -1.40. The second-order valence-corrected chi connectivity index (χ2v) is 6.08. The molecule has 0 aromatic heterocycles. The normalized spacial score (nSPS) is 14.0. The average Bonchev–Trinajstić information content (AvgIpc) is 3.25. The number of nitrogens with one attached hydrogen (secondary N) is 1. The number of carboxylic acids is 1. The molecule has 1 aromatic rings. The fourth-order valence-electron chi connectivity index (χ4n) is 1.86. The molecule has 0 radical (unpaired) electrons. The van der Waals surface area contributed by atoms with E-state index < -0.39 is 5.97 Å². The van der Waals surface area contributed by atoms with Crippen LogP contribution in [0.4, 0.5) is 0 Å². The lowest BCUT2D eigenvalue weighted by Gasteiger charge is -2.07. The van der Waals surface area contributed by atoms with Gasteiger partial charge in [0.2, 0.25) is 0 Å². The van der Waals surface area contributed by atoms with Crippen molar-refractivity contribution in [2.24, 2.45) is 5.92 Å².